The van der Waals surface area contributed by atoms with E-state index in [9.17, 15) is 9.90 Å². The summed E-state index contributed by atoms with van der Waals surface area (Å²) in [6.45, 7) is 2.16. The number of carbonyl (C=O) groups is 1. The fourth-order valence-electron chi connectivity index (χ4n) is 4.06. The maximum Gasteiger partial charge on any atom is 0.318 e. The molecule has 2 aliphatic rings. The van der Waals surface area contributed by atoms with Gasteiger partial charge in [-0.2, -0.15) is 0 Å². The third-order valence-corrected chi connectivity index (χ3v) is 5.53. The summed E-state index contributed by atoms with van der Waals surface area (Å²) in [4.78, 5) is 16.7. The molecule has 5 nitrogen and oxygen atoms in total. The number of carbonyl (C=O) groups excluding carboxylic acids is 1. The number of nitrogens with one attached hydrogen (secondary N) is 1. The Morgan fingerprint density at radius 3 is 2.83 bits per heavy atom. The van der Waals surface area contributed by atoms with Crippen molar-refractivity contribution < 1.29 is 9.90 Å². The van der Waals surface area contributed by atoms with Crippen molar-refractivity contribution in [1.82, 2.24) is 15.1 Å². The first-order valence-corrected chi connectivity index (χ1v) is 9.14. The lowest BCUT2D eigenvalue weighted by molar-refractivity contribution is 0.126. The molecule has 3 rings (SSSR count). The summed E-state index contributed by atoms with van der Waals surface area (Å²) in [5, 5.41) is 12.8. The molecule has 1 saturated carbocycles. The number of aliphatic hydroxyl groups excluding tert-OH is 1. The molecule has 1 heterocycles. The van der Waals surface area contributed by atoms with E-state index < -0.39 is 0 Å². The Balaban J connectivity index is 1.53. The number of benzene rings is 1. The van der Waals surface area contributed by atoms with Crippen molar-refractivity contribution in [2.75, 3.05) is 33.3 Å². The van der Waals surface area contributed by atoms with E-state index in [0.717, 1.165) is 18.5 Å². The Bertz CT molecular complexity index is 557. The Morgan fingerprint density at radius 2 is 2.08 bits per heavy atom. The summed E-state index contributed by atoms with van der Waals surface area (Å²) in [6, 6.07) is 8.47. The lowest BCUT2D eigenvalue weighted by Gasteiger charge is -2.36. The van der Waals surface area contributed by atoms with E-state index in [2.05, 4.69) is 23.3 Å². The van der Waals surface area contributed by atoms with Gasteiger partial charge in [-0.15, -0.1) is 0 Å². The summed E-state index contributed by atoms with van der Waals surface area (Å²) in [7, 11) is 2.15. The average Bonchev–Trinajstić information content (AvgIpc) is 3.15. The molecule has 24 heavy (non-hydrogen) atoms. The first-order chi connectivity index (χ1) is 11.7. The van der Waals surface area contributed by atoms with Crippen molar-refractivity contribution in [3.05, 3.63) is 35.4 Å². The minimum absolute atomic E-state index is 0.0353. The Labute approximate surface area is 144 Å². The van der Waals surface area contributed by atoms with E-state index in [-0.39, 0.29) is 18.7 Å². The van der Waals surface area contributed by atoms with Gasteiger partial charge < -0.3 is 20.2 Å². The molecule has 1 aliphatic heterocycles. The van der Waals surface area contributed by atoms with Crippen LogP contribution in [0.4, 0.5) is 4.79 Å². The van der Waals surface area contributed by atoms with Crippen LogP contribution < -0.4 is 5.32 Å². The van der Waals surface area contributed by atoms with Gasteiger partial charge in [0.1, 0.15) is 0 Å². The highest BCUT2D eigenvalue weighted by atomic mass is 16.3. The van der Waals surface area contributed by atoms with Crippen molar-refractivity contribution in [2.24, 2.45) is 0 Å². The summed E-state index contributed by atoms with van der Waals surface area (Å²) in [5.74, 6) is 0. The second kappa shape index (κ2) is 7.99. The molecule has 0 spiro atoms. The SMILES string of the molecule is CN(CCNC(=O)N1CCc2ccccc2C1CO)C1CCCC1. The molecule has 1 atom stereocenters. The molecule has 2 amide bonds. The monoisotopic (exact) mass is 331 g/mol. The number of nitrogens with zero attached hydrogens (tertiary/aromatic N) is 2. The zero-order valence-corrected chi connectivity index (χ0v) is 14.6. The zero-order valence-electron chi connectivity index (χ0n) is 14.6. The lowest BCUT2D eigenvalue weighted by atomic mass is 9.93. The number of hydrogen-bond acceptors (Lipinski definition) is 3. The fraction of sp³-hybridized carbons (Fsp3) is 0.632. The van der Waals surface area contributed by atoms with Gasteiger partial charge in [-0.05, 0) is 37.4 Å². The van der Waals surface area contributed by atoms with Gasteiger partial charge in [0, 0.05) is 25.7 Å². The number of aliphatic hydroxyl groups is 1. The third-order valence-electron chi connectivity index (χ3n) is 5.53. The lowest BCUT2D eigenvalue weighted by Crippen LogP contribution is -2.48. The topological polar surface area (TPSA) is 55.8 Å². The van der Waals surface area contributed by atoms with Crippen molar-refractivity contribution in [1.29, 1.82) is 0 Å². The van der Waals surface area contributed by atoms with E-state index in [1.54, 1.807) is 4.90 Å². The van der Waals surface area contributed by atoms with Gasteiger partial charge in [0.2, 0.25) is 0 Å². The molecule has 0 bridgehead atoms. The fourth-order valence-corrected chi connectivity index (χ4v) is 4.06. The maximum atomic E-state index is 12.6. The quantitative estimate of drug-likeness (QED) is 0.869. The number of amides is 2. The number of rotatable bonds is 5. The van der Waals surface area contributed by atoms with Crippen LogP contribution in [-0.4, -0.2) is 60.3 Å². The van der Waals surface area contributed by atoms with Crippen LogP contribution in [0.3, 0.4) is 0 Å². The molecule has 1 aromatic rings. The molecule has 2 N–H and O–H groups in total. The molecule has 1 aromatic carbocycles. The van der Waals surface area contributed by atoms with Gasteiger partial charge in [0.25, 0.3) is 0 Å². The highest BCUT2D eigenvalue weighted by molar-refractivity contribution is 5.75. The molecule has 1 unspecified atom stereocenters. The van der Waals surface area contributed by atoms with E-state index in [0.29, 0.717) is 19.1 Å². The van der Waals surface area contributed by atoms with Crippen molar-refractivity contribution >= 4 is 6.03 Å². The largest absolute Gasteiger partial charge is 0.394 e. The average molecular weight is 331 g/mol. The predicted octanol–water partition coefficient (Wildman–Crippen LogP) is 2.16. The molecule has 132 valence electrons. The number of hydrogen-bond donors (Lipinski definition) is 2. The summed E-state index contributed by atoms with van der Waals surface area (Å²) >= 11 is 0. The van der Waals surface area contributed by atoms with Gasteiger partial charge in [-0.1, -0.05) is 37.1 Å². The van der Waals surface area contributed by atoms with Crippen LogP contribution in [0.1, 0.15) is 42.9 Å². The molecule has 1 aliphatic carbocycles. The summed E-state index contributed by atoms with van der Waals surface area (Å²) in [6.07, 6.45) is 6.06. The van der Waals surface area contributed by atoms with Crippen molar-refractivity contribution in [3.8, 4) is 0 Å². The molecule has 0 aromatic heterocycles. The minimum atomic E-state index is -0.234. The van der Waals surface area contributed by atoms with Gasteiger partial charge >= 0.3 is 6.03 Å². The number of fused-ring (bicyclic) bond motifs is 1. The van der Waals surface area contributed by atoms with Crippen LogP contribution in [0.15, 0.2) is 24.3 Å². The van der Waals surface area contributed by atoms with Gasteiger partial charge in [0.05, 0.1) is 12.6 Å². The van der Waals surface area contributed by atoms with Crippen molar-refractivity contribution in [3.63, 3.8) is 0 Å². The maximum absolute atomic E-state index is 12.6. The van der Waals surface area contributed by atoms with Crippen LogP contribution in [0.25, 0.3) is 0 Å². The van der Waals surface area contributed by atoms with Crippen LogP contribution in [0.5, 0.6) is 0 Å². The van der Waals surface area contributed by atoms with Crippen LogP contribution in [0, 0.1) is 0 Å². The number of likely N-dealkylation sites (N-methyl/N-ethyl adjacent to an activating group) is 1. The van der Waals surface area contributed by atoms with E-state index in [1.165, 1.54) is 31.2 Å². The molecule has 0 radical (unpaired) electrons. The second-order valence-electron chi connectivity index (χ2n) is 6.99. The highest BCUT2D eigenvalue weighted by Crippen LogP contribution is 2.29. The number of urea groups is 1. The zero-order chi connectivity index (χ0) is 16.9. The summed E-state index contributed by atoms with van der Waals surface area (Å²) in [5.41, 5.74) is 2.31. The van der Waals surface area contributed by atoms with E-state index >= 15 is 0 Å². The normalized spacial score (nSPS) is 21.1. The van der Waals surface area contributed by atoms with Crippen LogP contribution in [0.2, 0.25) is 0 Å². The van der Waals surface area contributed by atoms with E-state index in [4.69, 9.17) is 0 Å². The van der Waals surface area contributed by atoms with Crippen LogP contribution >= 0.6 is 0 Å². The van der Waals surface area contributed by atoms with Crippen molar-refractivity contribution in [2.45, 2.75) is 44.2 Å². The Morgan fingerprint density at radius 1 is 1.33 bits per heavy atom. The third kappa shape index (κ3) is 3.73. The van der Waals surface area contributed by atoms with Gasteiger partial charge in [-0.3, -0.25) is 0 Å². The highest BCUT2D eigenvalue weighted by Gasteiger charge is 2.30. The van der Waals surface area contributed by atoms with E-state index in [1.807, 2.05) is 18.2 Å². The second-order valence-corrected chi connectivity index (χ2v) is 6.99. The Hall–Kier alpha value is -1.59. The first-order valence-electron chi connectivity index (χ1n) is 9.14. The molecular weight excluding hydrogens is 302 g/mol. The van der Waals surface area contributed by atoms with Crippen LogP contribution in [-0.2, 0) is 6.42 Å². The molecule has 0 saturated heterocycles. The molecule has 1 fully saturated rings. The predicted molar refractivity (Wildman–Crippen MR) is 95.0 cm³/mol. The van der Waals surface area contributed by atoms with Gasteiger partial charge in [0.15, 0.2) is 0 Å². The molecule has 5 heteroatoms. The molecular formula is C19H29N3O2. The summed E-state index contributed by atoms with van der Waals surface area (Å²) < 4.78 is 0. The van der Waals surface area contributed by atoms with Gasteiger partial charge in [-0.25, -0.2) is 4.79 Å². The Kier molecular flexibility index (Phi) is 5.74. The minimum Gasteiger partial charge on any atom is -0.394 e. The first kappa shape index (κ1) is 17.2. The smallest absolute Gasteiger partial charge is 0.318 e. The standard InChI is InChI=1S/C19H29N3O2/c1-21(16-7-3-4-8-16)13-11-20-19(24)22-12-10-15-6-2-5-9-17(15)18(22)14-23/h2,5-6,9,16,18,23H,3-4,7-8,10-14H2,1H3,(H,20,24).